The Morgan fingerprint density at radius 1 is 1.06 bits per heavy atom. The fourth-order valence-corrected chi connectivity index (χ4v) is 4.45. The maximum Gasteiger partial charge on any atom is 0.248 e. The van der Waals surface area contributed by atoms with Crippen molar-refractivity contribution < 1.29 is 14.4 Å². The van der Waals surface area contributed by atoms with Crippen molar-refractivity contribution in [3.63, 3.8) is 0 Å². The second kappa shape index (κ2) is 9.33. The molecule has 2 amide bonds. The van der Waals surface area contributed by atoms with Gasteiger partial charge in [-0.3, -0.25) is 14.4 Å². The Labute approximate surface area is 208 Å². The molecule has 4 heterocycles. The monoisotopic (exact) mass is 482 g/mol. The molecule has 0 radical (unpaired) electrons. The fourth-order valence-electron chi connectivity index (χ4n) is 4.45. The molecule has 0 bridgehead atoms. The summed E-state index contributed by atoms with van der Waals surface area (Å²) in [6.45, 7) is 5.72. The fraction of sp³-hybridized carbons (Fsp3) is 0.259. The smallest absolute Gasteiger partial charge is 0.248 e. The standard InChI is InChI=1S/C27H26N6O3/c1-16-5-4-6-25(30-16)31-27(36)24-9-10-33(24)26(35)15-32-14-22(17(2)34)21-11-19(7-8-23(21)32)20-12-28-18(3)29-13-20/h4-8,11-14,24H,9-10,15H2,1-3H3,(H,30,31,36)/t24-/m0/s1. The molecule has 0 aliphatic carbocycles. The molecule has 0 spiro atoms. The lowest BCUT2D eigenvalue weighted by atomic mass is 10.0. The highest BCUT2D eigenvalue weighted by Crippen LogP contribution is 2.29. The number of aryl methyl sites for hydroxylation is 2. The van der Waals surface area contributed by atoms with Crippen molar-refractivity contribution in [2.24, 2.45) is 0 Å². The van der Waals surface area contributed by atoms with Crippen molar-refractivity contribution in [3.05, 3.63) is 72.1 Å². The SMILES string of the molecule is CC(=O)c1cn(CC(=O)N2CC[C@H]2C(=O)Nc2cccc(C)n2)c2ccc(-c3cnc(C)nc3)cc12. The highest BCUT2D eigenvalue weighted by Gasteiger charge is 2.37. The minimum atomic E-state index is -0.540. The predicted molar refractivity (Wildman–Crippen MR) is 135 cm³/mol. The topological polar surface area (TPSA) is 110 Å². The summed E-state index contributed by atoms with van der Waals surface area (Å²) in [7, 11) is 0. The Bertz CT molecular complexity index is 1490. The van der Waals surface area contributed by atoms with E-state index in [4.69, 9.17) is 0 Å². The lowest BCUT2D eigenvalue weighted by molar-refractivity contribution is -0.145. The van der Waals surface area contributed by atoms with Gasteiger partial charge in [-0.25, -0.2) is 15.0 Å². The van der Waals surface area contributed by atoms with Gasteiger partial charge in [0.2, 0.25) is 11.8 Å². The molecule has 1 aliphatic rings. The number of benzene rings is 1. The molecule has 1 fully saturated rings. The van der Waals surface area contributed by atoms with Gasteiger partial charge in [0.1, 0.15) is 24.2 Å². The van der Waals surface area contributed by atoms with Gasteiger partial charge >= 0.3 is 0 Å². The van der Waals surface area contributed by atoms with Crippen LogP contribution in [0.1, 0.15) is 35.2 Å². The van der Waals surface area contributed by atoms with Crippen LogP contribution in [-0.2, 0) is 16.1 Å². The van der Waals surface area contributed by atoms with Crippen LogP contribution in [0.15, 0.2) is 55.0 Å². The summed E-state index contributed by atoms with van der Waals surface area (Å²) < 4.78 is 1.78. The molecule has 5 rings (SSSR count). The number of rotatable bonds is 6. The summed E-state index contributed by atoms with van der Waals surface area (Å²) in [5.41, 5.74) is 3.84. The van der Waals surface area contributed by atoms with E-state index in [1.165, 1.54) is 6.92 Å². The first-order valence-corrected chi connectivity index (χ1v) is 11.8. The number of ketones is 1. The van der Waals surface area contributed by atoms with Crippen LogP contribution in [0, 0.1) is 13.8 Å². The molecule has 0 saturated carbocycles. The number of carbonyl (C=O) groups is 3. The summed E-state index contributed by atoms with van der Waals surface area (Å²) in [5, 5.41) is 3.56. The largest absolute Gasteiger partial charge is 0.337 e. The van der Waals surface area contributed by atoms with Gasteiger partial charge in [0, 0.05) is 52.9 Å². The number of hydrogen-bond donors (Lipinski definition) is 1. The van der Waals surface area contributed by atoms with Crippen LogP contribution in [0.4, 0.5) is 5.82 Å². The molecule has 1 aliphatic heterocycles. The number of anilines is 1. The number of amides is 2. The van der Waals surface area contributed by atoms with Gasteiger partial charge in [0.25, 0.3) is 0 Å². The van der Waals surface area contributed by atoms with Gasteiger partial charge in [-0.15, -0.1) is 0 Å². The van der Waals surface area contributed by atoms with Gasteiger partial charge in [-0.1, -0.05) is 12.1 Å². The van der Waals surface area contributed by atoms with Gasteiger partial charge in [0.05, 0.1) is 0 Å². The third-order valence-electron chi connectivity index (χ3n) is 6.46. The van der Waals surface area contributed by atoms with Crippen molar-refractivity contribution in [1.82, 2.24) is 24.4 Å². The number of pyridine rings is 1. The molecule has 9 nitrogen and oxygen atoms in total. The van der Waals surface area contributed by atoms with Gasteiger partial charge in [-0.2, -0.15) is 0 Å². The van der Waals surface area contributed by atoms with E-state index in [1.807, 2.05) is 44.2 Å². The molecule has 36 heavy (non-hydrogen) atoms. The summed E-state index contributed by atoms with van der Waals surface area (Å²) >= 11 is 0. The van der Waals surface area contributed by atoms with E-state index in [0.29, 0.717) is 30.2 Å². The molecule has 4 aromatic rings. The molecule has 1 saturated heterocycles. The maximum atomic E-state index is 13.2. The van der Waals surface area contributed by atoms with Crippen LogP contribution < -0.4 is 5.32 Å². The highest BCUT2D eigenvalue weighted by molar-refractivity contribution is 6.08. The van der Waals surface area contributed by atoms with E-state index in [1.54, 1.807) is 34.1 Å². The number of aromatic nitrogens is 4. The van der Waals surface area contributed by atoms with E-state index in [0.717, 1.165) is 27.7 Å². The highest BCUT2D eigenvalue weighted by atomic mass is 16.2. The Hall–Kier alpha value is -4.40. The Morgan fingerprint density at radius 3 is 2.50 bits per heavy atom. The lowest BCUT2D eigenvalue weighted by Crippen LogP contribution is -2.57. The van der Waals surface area contributed by atoms with E-state index < -0.39 is 6.04 Å². The van der Waals surface area contributed by atoms with Crippen LogP contribution in [-0.4, -0.2) is 54.6 Å². The van der Waals surface area contributed by atoms with Crippen molar-refractivity contribution >= 4 is 34.3 Å². The zero-order valence-electron chi connectivity index (χ0n) is 20.4. The van der Waals surface area contributed by atoms with E-state index in [-0.39, 0.29) is 24.1 Å². The minimum absolute atomic E-state index is 0.0310. The van der Waals surface area contributed by atoms with Crippen molar-refractivity contribution in [2.45, 2.75) is 39.8 Å². The zero-order chi connectivity index (χ0) is 25.4. The molecule has 3 aromatic heterocycles. The summed E-state index contributed by atoms with van der Waals surface area (Å²) in [6, 6.07) is 10.6. The third-order valence-corrected chi connectivity index (χ3v) is 6.46. The van der Waals surface area contributed by atoms with Gasteiger partial charge in [0.15, 0.2) is 5.78 Å². The molecule has 1 atom stereocenters. The Kier molecular flexibility index (Phi) is 6.05. The van der Waals surface area contributed by atoms with Crippen LogP contribution in [0.25, 0.3) is 22.0 Å². The van der Waals surface area contributed by atoms with E-state index in [9.17, 15) is 14.4 Å². The summed E-state index contributed by atoms with van der Waals surface area (Å²) in [5.74, 6) is 0.634. The lowest BCUT2D eigenvalue weighted by Gasteiger charge is -2.39. The van der Waals surface area contributed by atoms with E-state index >= 15 is 0 Å². The number of likely N-dealkylation sites (tertiary alicyclic amines) is 1. The average Bonchev–Trinajstić information content (AvgIpc) is 3.16. The number of nitrogens with zero attached hydrogens (tertiary/aromatic N) is 5. The van der Waals surface area contributed by atoms with Crippen molar-refractivity contribution in [1.29, 1.82) is 0 Å². The van der Waals surface area contributed by atoms with Crippen molar-refractivity contribution in [3.8, 4) is 11.1 Å². The predicted octanol–water partition coefficient (Wildman–Crippen LogP) is 3.55. The number of carbonyl (C=O) groups excluding carboxylic acids is 3. The number of nitrogens with one attached hydrogen (secondary N) is 1. The summed E-state index contributed by atoms with van der Waals surface area (Å²) in [4.78, 5) is 52.7. The van der Waals surface area contributed by atoms with Crippen molar-refractivity contribution in [2.75, 3.05) is 11.9 Å². The molecular weight excluding hydrogens is 456 g/mol. The number of Topliss-reactive ketones (excluding diaryl/α,β-unsaturated/α-hetero) is 1. The summed E-state index contributed by atoms with van der Waals surface area (Å²) in [6.07, 6.45) is 5.81. The molecule has 1 N–H and O–H groups in total. The first-order chi connectivity index (χ1) is 17.3. The molecule has 0 unspecified atom stereocenters. The second-order valence-corrected chi connectivity index (χ2v) is 9.02. The van der Waals surface area contributed by atoms with Crippen LogP contribution in [0.2, 0.25) is 0 Å². The Morgan fingerprint density at radius 2 is 1.83 bits per heavy atom. The van der Waals surface area contributed by atoms with Gasteiger partial charge < -0.3 is 14.8 Å². The van der Waals surface area contributed by atoms with Crippen LogP contribution in [0.3, 0.4) is 0 Å². The zero-order valence-corrected chi connectivity index (χ0v) is 20.4. The number of hydrogen-bond acceptors (Lipinski definition) is 6. The Balaban J connectivity index is 1.36. The quantitative estimate of drug-likeness (QED) is 0.421. The van der Waals surface area contributed by atoms with E-state index in [2.05, 4.69) is 20.3 Å². The second-order valence-electron chi connectivity index (χ2n) is 9.02. The molecular formula is C27H26N6O3. The first kappa shape index (κ1) is 23.3. The first-order valence-electron chi connectivity index (χ1n) is 11.8. The number of fused-ring (bicyclic) bond motifs is 1. The molecule has 1 aromatic carbocycles. The average molecular weight is 483 g/mol. The third kappa shape index (κ3) is 4.47. The molecule has 182 valence electrons. The van der Waals surface area contributed by atoms with Crippen LogP contribution >= 0.6 is 0 Å². The van der Waals surface area contributed by atoms with Crippen LogP contribution in [0.5, 0.6) is 0 Å². The minimum Gasteiger partial charge on any atom is -0.337 e. The van der Waals surface area contributed by atoms with Gasteiger partial charge in [-0.05, 0) is 57.0 Å². The normalized spacial score (nSPS) is 15.0. The maximum absolute atomic E-state index is 13.2. The molecule has 9 heteroatoms.